The number of hydrogen-bond acceptors (Lipinski definition) is 3. The van der Waals surface area contributed by atoms with E-state index in [1.165, 1.54) is 18.3 Å². The molecule has 1 aromatic heterocycles. The fraction of sp³-hybridized carbons (Fsp3) is 0.438. The van der Waals surface area contributed by atoms with Gasteiger partial charge in [-0.2, -0.15) is 5.10 Å². The Morgan fingerprint density at radius 3 is 2.91 bits per heavy atom. The van der Waals surface area contributed by atoms with Crippen molar-refractivity contribution in [3.05, 3.63) is 47.0 Å². The van der Waals surface area contributed by atoms with Crippen molar-refractivity contribution in [1.29, 1.82) is 0 Å². The average molecular weight is 363 g/mol. The highest BCUT2D eigenvalue weighted by molar-refractivity contribution is 9.10. The topological polar surface area (TPSA) is 59.8 Å². The van der Waals surface area contributed by atoms with Gasteiger partial charge in [0.15, 0.2) is 0 Å². The second kappa shape index (κ2) is 6.20. The molecular formula is C16H19BrN4O. The summed E-state index contributed by atoms with van der Waals surface area (Å²) in [5, 5.41) is 7.11. The molecule has 116 valence electrons. The molecule has 0 radical (unpaired) electrons. The molecule has 3 rings (SSSR count). The molecule has 1 heterocycles. The molecule has 1 N–H and O–H groups in total. The first-order chi connectivity index (χ1) is 10.6. The van der Waals surface area contributed by atoms with E-state index in [4.69, 9.17) is 0 Å². The molecule has 2 aromatic rings. The zero-order valence-corrected chi connectivity index (χ0v) is 14.1. The largest absolute Gasteiger partial charge is 0.353 e. The van der Waals surface area contributed by atoms with Gasteiger partial charge in [0.25, 0.3) is 0 Å². The van der Waals surface area contributed by atoms with E-state index in [1.807, 2.05) is 13.0 Å². The van der Waals surface area contributed by atoms with Crippen molar-refractivity contribution in [3.63, 3.8) is 0 Å². The van der Waals surface area contributed by atoms with Crippen molar-refractivity contribution in [2.75, 3.05) is 6.54 Å². The highest BCUT2D eigenvalue weighted by Crippen LogP contribution is 2.43. The van der Waals surface area contributed by atoms with Crippen LogP contribution in [0.2, 0.25) is 0 Å². The van der Waals surface area contributed by atoms with E-state index in [9.17, 15) is 4.79 Å². The van der Waals surface area contributed by atoms with Gasteiger partial charge in [-0.15, -0.1) is 0 Å². The minimum absolute atomic E-state index is 0.0215. The molecule has 1 fully saturated rings. The van der Waals surface area contributed by atoms with E-state index in [0.29, 0.717) is 6.54 Å². The number of nitrogens with one attached hydrogen (secondary N) is 1. The van der Waals surface area contributed by atoms with Crippen LogP contribution in [0.5, 0.6) is 0 Å². The first-order valence-corrected chi connectivity index (χ1v) is 8.28. The van der Waals surface area contributed by atoms with Gasteiger partial charge in [0, 0.05) is 16.4 Å². The van der Waals surface area contributed by atoms with Crippen LogP contribution >= 0.6 is 15.9 Å². The van der Waals surface area contributed by atoms with E-state index < -0.39 is 0 Å². The molecule has 1 atom stereocenters. The highest BCUT2D eigenvalue weighted by atomic mass is 79.9. The third-order valence-electron chi connectivity index (χ3n) is 4.56. The van der Waals surface area contributed by atoms with Gasteiger partial charge in [0.05, 0.1) is 0 Å². The molecule has 1 aliphatic rings. The zero-order valence-electron chi connectivity index (χ0n) is 12.5. The summed E-state index contributed by atoms with van der Waals surface area (Å²) in [5.74, 6) is -0.0215. The van der Waals surface area contributed by atoms with Gasteiger partial charge < -0.3 is 5.32 Å². The number of amides is 1. The van der Waals surface area contributed by atoms with Crippen LogP contribution in [0.15, 0.2) is 41.4 Å². The summed E-state index contributed by atoms with van der Waals surface area (Å²) in [6, 6.07) is 8.05. The number of hydrogen-bond donors (Lipinski definition) is 1. The quantitative estimate of drug-likeness (QED) is 0.889. The lowest BCUT2D eigenvalue weighted by Gasteiger charge is -2.43. The average Bonchev–Trinajstić information content (AvgIpc) is 2.99. The molecule has 0 bridgehead atoms. The van der Waals surface area contributed by atoms with Crippen LogP contribution in [0.4, 0.5) is 0 Å². The number of aromatic nitrogens is 3. The van der Waals surface area contributed by atoms with E-state index in [1.54, 1.807) is 11.0 Å². The zero-order chi connectivity index (χ0) is 15.6. The number of rotatable bonds is 5. The normalized spacial score (nSPS) is 17.5. The molecule has 6 heteroatoms. The predicted molar refractivity (Wildman–Crippen MR) is 87.4 cm³/mol. The molecule has 1 amide bonds. The molecule has 1 aromatic carbocycles. The molecule has 22 heavy (non-hydrogen) atoms. The van der Waals surface area contributed by atoms with E-state index in [-0.39, 0.29) is 17.4 Å². The number of nitrogens with zero attached hydrogens (tertiary/aromatic N) is 3. The molecule has 0 spiro atoms. The fourth-order valence-corrected chi connectivity index (χ4v) is 3.33. The Kier molecular flexibility index (Phi) is 4.29. The molecule has 5 nitrogen and oxygen atoms in total. The van der Waals surface area contributed by atoms with Gasteiger partial charge in [-0.3, -0.25) is 4.79 Å². The van der Waals surface area contributed by atoms with Gasteiger partial charge in [0.2, 0.25) is 5.91 Å². The lowest BCUT2D eigenvalue weighted by Crippen LogP contribution is -2.47. The maximum absolute atomic E-state index is 12.3. The highest BCUT2D eigenvalue weighted by Gasteiger charge is 2.39. The summed E-state index contributed by atoms with van der Waals surface area (Å²) < 4.78 is 2.65. The SMILES string of the molecule is CC(C(=O)NCC1(c2cccc(Br)c2)CCC1)n1cncn1. The standard InChI is InChI=1S/C16H19BrN4O/c1-12(21-11-18-10-20-21)15(22)19-9-16(6-3-7-16)13-4-2-5-14(17)8-13/h2,4-5,8,10-12H,3,6-7,9H2,1H3,(H,19,22). The van der Waals surface area contributed by atoms with Crippen LogP contribution < -0.4 is 5.32 Å². The summed E-state index contributed by atoms with van der Waals surface area (Å²) >= 11 is 3.53. The van der Waals surface area contributed by atoms with Crippen LogP contribution in [0.1, 0.15) is 37.8 Å². The third kappa shape index (κ3) is 2.92. The summed E-state index contributed by atoms with van der Waals surface area (Å²) in [6.07, 6.45) is 6.44. The van der Waals surface area contributed by atoms with Gasteiger partial charge >= 0.3 is 0 Å². The Hall–Kier alpha value is -1.69. The van der Waals surface area contributed by atoms with Crippen molar-refractivity contribution in [1.82, 2.24) is 20.1 Å². The maximum atomic E-state index is 12.3. The molecule has 0 saturated heterocycles. The predicted octanol–water partition coefficient (Wildman–Crippen LogP) is 2.84. The Labute approximate surface area is 138 Å². The summed E-state index contributed by atoms with van der Waals surface area (Å²) in [6.45, 7) is 2.50. The van der Waals surface area contributed by atoms with E-state index >= 15 is 0 Å². The Bertz CT molecular complexity index is 652. The van der Waals surface area contributed by atoms with E-state index in [2.05, 4.69) is 49.5 Å². The van der Waals surface area contributed by atoms with Crippen LogP contribution in [0.3, 0.4) is 0 Å². The first-order valence-electron chi connectivity index (χ1n) is 7.49. The van der Waals surface area contributed by atoms with Gasteiger partial charge in [-0.1, -0.05) is 34.5 Å². The third-order valence-corrected chi connectivity index (χ3v) is 5.05. The summed E-state index contributed by atoms with van der Waals surface area (Å²) in [4.78, 5) is 16.2. The van der Waals surface area contributed by atoms with Crippen LogP contribution in [-0.4, -0.2) is 27.2 Å². The van der Waals surface area contributed by atoms with Gasteiger partial charge in [-0.25, -0.2) is 9.67 Å². The molecule has 1 saturated carbocycles. The summed E-state index contributed by atoms with van der Waals surface area (Å²) in [7, 11) is 0. The molecule has 1 aliphatic carbocycles. The Balaban J connectivity index is 1.67. The first kappa shape index (κ1) is 15.2. The van der Waals surface area contributed by atoms with Crippen LogP contribution in [0, 0.1) is 0 Å². The van der Waals surface area contributed by atoms with Crippen molar-refractivity contribution in [3.8, 4) is 0 Å². The van der Waals surface area contributed by atoms with Crippen molar-refractivity contribution in [2.45, 2.75) is 37.6 Å². The minimum atomic E-state index is -0.345. The molecule has 1 unspecified atom stereocenters. The Morgan fingerprint density at radius 2 is 2.32 bits per heavy atom. The monoisotopic (exact) mass is 362 g/mol. The van der Waals surface area contributed by atoms with Crippen LogP contribution in [0.25, 0.3) is 0 Å². The molecular weight excluding hydrogens is 344 g/mol. The van der Waals surface area contributed by atoms with Crippen molar-refractivity contribution in [2.24, 2.45) is 0 Å². The van der Waals surface area contributed by atoms with Gasteiger partial charge in [0.1, 0.15) is 18.7 Å². The summed E-state index contributed by atoms with van der Waals surface area (Å²) in [5.41, 5.74) is 1.36. The second-order valence-electron chi connectivity index (χ2n) is 5.91. The Morgan fingerprint density at radius 1 is 1.50 bits per heavy atom. The van der Waals surface area contributed by atoms with Crippen LogP contribution in [-0.2, 0) is 10.2 Å². The molecule has 0 aliphatic heterocycles. The smallest absolute Gasteiger partial charge is 0.244 e. The number of carbonyl (C=O) groups is 1. The minimum Gasteiger partial charge on any atom is -0.353 e. The number of benzene rings is 1. The van der Waals surface area contributed by atoms with Crippen molar-refractivity contribution < 1.29 is 4.79 Å². The van der Waals surface area contributed by atoms with E-state index in [0.717, 1.165) is 17.3 Å². The van der Waals surface area contributed by atoms with Crippen molar-refractivity contribution >= 4 is 21.8 Å². The lowest BCUT2D eigenvalue weighted by molar-refractivity contribution is -0.124. The fourth-order valence-electron chi connectivity index (χ4n) is 2.93. The number of halogens is 1. The van der Waals surface area contributed by atoms with Gasteiger partial charge in [-0.05, 0) is 37.5 Å². The maximum Gasteiger partial charge on any atom is 0.244 e. The number of carbonyl (C=O) groups excluding carboxylic acids is 1. The second-order valence-corrected chi connectivity index (χ2v) is 6.83. The lowest BCUT2D eigenvalue weighted by atomic mass is 9.64.